The molecular formula is C21H26N2O6S. The van der Waals surface area contributed by atoms with E-state index in [1.54, 1.807) is 12.1 Å². The van der Waals surface area contributed by atoms with Gasteiger partial charge in [-0.3, -0.25) is 9.59 Å². The molecule has 4 N–H and O–H groups in total. The molecule has 0 aliphatic carbocycles. The lowest BCUT2D eigenvalue weighted by Crippen LogP contribution is -2.41. The number of aryl methyl sites for hydroxylation is 1. The maximum atomic E-state index is 12.4. The van der Waals surface area contributed by atoms with Gasteiger partial charge in [0, 0.05) is 0 Å². The highest BCUT2D eigenvalue weighted by Gasteiger charge is 2.26. The number of carboxylic acid groups (broad SMARTS) is 1. The molecule has 0 saturated heterocycles. The first kappa shape index (κ1) is 23.5. The zero-order valence-corrected chi connectivity index (χ0v) is 17.5. The second-order valence-corrected chi connectivity index (χ2v) is 8.67. The van der Waals surface area contributed by atoms with E-state index in [-0.39, 0.29) is 30.8 Å². The smallest absolute Gasteiger partial charge is 0.323 e. The number of esters is 1. The highest BCUT2D eigenvalue weighted by molar-refractivity contribution is 7.89. The molecule has 0 bridgehead atoms. The lowest BCUT2D eigenvalue weighted by Gasteiger charge is -2.16. The number of carbonyl (C=O) groups is 2. The van der Waals surface area contributed by atoms with Crippen molar-refractivity contribution >= 4 is 22.0 Å². The van der Waals surface area contributed by atoms with E-state index in [0.29, 0.717) is 0 Å². The van der Waals surface area contributed by atoms with Gasteiger partial charge in [-0.25, -0.2) is 8.42 Å². The third kappa shape index (κ3) is 7.25. The lowest BCUT2D eigenvalue weighted by molar-refractivity contribution is -0.146. The second kappa shape index (κ2) is 10.9. The van der Waals surface area contributed by atoms with Gasteiger partial charge in [0.2, 0.25) is 10.0 Å². The molecule has 0 aliphatic rings. The minimum absolute atomic E-state index is 0.0134. The first-order valence-electron chi connectivity index (χ1n) is 9.47. The minimum atomic E-state index is -3.98. The van der Waals surface area contributed by atoms with Crippen LogP contribution in [0.1, 0.15) is 30.4 Å². The summed E-state index contributed by atoms with van der Waals surface area (Å²) in [6, 6.07) is 13.0. The van der Waals surface area contributed by atoms with Crippen LogP contribution < -0.4 is 10.5 Å². The van der Waals surface area contributed by atoms with Gasteiger partial charge in [0.05, 0.1) is 4.90 Å². The number of carboxylic acids is 1. The Morgan fingerprint density at radius 1 is 1.07 bits per heavy atom. The molecule has 1 unspecified atom stereocenters. The average molecular weight is 435 g/mol. The van der Waals surface area contributed by atoms with Crippen molar-refractivity contribution < 1.29 is 27.9 Å². The number of hydrogen-bond donors (Lipinski definition) is 3. The number of carbonyl (C=O) groups excluding carboxylic acids is 1. The maximum absolute atomic E-state index is 12.4. The van der Waals surface area contributed by atoms with Crippen molar-refractivity contribution in [2.75, 3.05) is 0 Å². The quantitative estimate of drug-likeness (QED) is 0.460. The highest BCUT2D eigenvalue weighted by Crippen LogP contribution is 2.13. The Bertz CT molecular complexity index is 945. The maximum Gasteiger partial charge on any atom is 0.323 e. The summed E-state index contributed by atoms with van der Waals surface area (Å²) in [5.74, 6) is -1.89. The van der Waals surface area contributed by atoms with Gasteiger partial charge in [0.1, 0.15) is 18.7 Å². The van der Waals surface area contributed by atoms with Crippen molar-refractivity contribution in [2.24, 2.45) is 5.73 Å². The molecule has 0 amide bonds. The Hall–Kier alpha value is -2.75. The zero-order valence-electron chi connectivity index (χ0n) is 16.7. The van der Waals surface area contributed by atoms with Crippen LogP contribution in [0.25, 0.3) is 0 Å². The number of benzene rings is 2. The minimum Gasteiger partial charge on any atom is -0.480 e. The molecule has 0 radical (unpaired) electrons. The van der Waals surface area contributed by atoms with E-state index in [9.17, 15) is 23.1 Å². The number of aliphatic carboxylic acids is 1. The molecule has 0 aromatic heterocycles. The third-order valence-corrected chi connectivity index (χ3v) is 5.95. The standard InChI is InChI=1S/C21H26N2O6S/c1-15-10-12-17(13-11-15)30(27,28)23-19(20(24)25)9-5-8-18(22)21(26)29-14-16-6-3-2-4-7-16/h2-4,6-7,10-13,18-19,23H,5,8-9,14,22H2,1H3,(H,24,25)/t18?,19-/m0/s1. The van der Waals surface area contributed by atoms with Crippen molar-refractivity contribution in [3.8, 4) is 0 Å². The summed E-state index contributed by atoms with van der Waals surface area (Å²) in [7, 11) is -3.98. The van der Waals surface area contributed by atoms with Crippen molar-refractivity contribution in [3.05, 3.63) is 65.7 Å². The molecule has 9 heteroatoms. The van der Waals surface area contributed by atoms with Crippen LogP contribution in [-0.2, 0) is 31.0 Å². The summed E-state index contributed by atoms with van der Waals surface area (Å²) in [4.78, 5) is 23.5. The first-order valence-corrected chi connectivity index (χ1v) is 11.0. The summed E-state index contributed by atoms with van der Waals surface area (Å²) in [5.41, 5.74) is 7.53. The first-order chi connectivity index (χ1) is 14.2. The molecule has 2 rings (SSSR count). The molecule has 8 nitrogen and oxygen atoms in total. The molecule has 0 saturated carbocycles. The van der Waals surface area contributed by atoms with E-state index in [4.69, 9.17) is 10.5 Å². The van der Waals surface area contributed by atoms with Crippen LogP contribution in [0.15, 0.2) is 59.5 Å². The molecule has 0 spiro atoms. The Kier molecular flexibility index (Phi) is 8.52. The van der Waals surface area contributed by atoms with E-state index in [2.05, 4.69) is 4.72 Å². The van der Waals surface area contributed by atoms with Gasteiger partial charge in [0.25, 0.3) is 0 Å². The number of ether oxygens (including phenoxy) is 1. The summed E-state index contributed by atoms with van der Waals surface area (Å²) < 4.78 is 32.2. The van der Waals surface area contributed by atoms with Gasteiger partial charge in [-0.15, -0.1) is 0 Å². The SMILES string of the molecule is Cc1ccc(S(=O)(=O)N[C@@H](CCCC(N)C(=O)OCc2ccccc2)C(=O)O)cc1. The molecule has 2 aromatic rings. The van der Waals surface area contributed by atoms with Crippen LogP contribution in [0.3, 0.4) is 0 Å². The van der Waals surface area contributed by atoms with Crippen LogP contribution >= 0.6 is 0 Å². The summed E-state index contributed by atoms with van der Waals surface area (Å²) >= 11 is 0. The predicted octanol–water partition coefficient (Wildman–Crippen LogP) is 1.97. The van der Waals surface area contributed by atoms with Crippen LogP contribution in [-0.4, -0.2) is 37.5 Å². The number of rotatable bonds is 11. The van der Waals surface area contributed by atoms with Gasteiger partial charge in [-0.05, 0) is 43.9 Å². The Morgan fingerprint density at radius 3 is 2.30 bits per heavy atom. The molecule has 2 atom stereocenters. The Morgan fingerprint density at radius 2 is 1.70 bits per heavy atom. The van der Waals surface area contributed by atoms with Crippen molar-refractivity contribution in [3.63, 3.8) is 0 Å². The van der Waals surface area contributed by atoms with Gasteiger partial charge < -0.3 is 15.6 Å². The van der Waals surface area contributed by atoms with Gasteiger partial charge in [-0.1, -0.05) is 48.0 Å². The van der Waals surface area contributed by atoms with Crippen LogP contribution in [0, 0.1) is 6.92 Å². The van der Waals surface area contributed by atoms with Gasteiger partial charge in [-0.2, -0.15) is 4.72 Å². The predicted molar refractivity (Wildman–Crippen MR) is 111 cm³/mol. The normalized spacial score (nSPS) is 13.4. The van der Waals surface area contributed by atoms with E-state index in [0.717, 1.165) is 11.1 Å². The summed E-state index contributed by atoms with van der Waals surface area (Å²) in [6.07, 6.45) is 0.388. The van der Waals surface area contributed by atoms with Crippen molar-refractivity contribution in [1.82, 2.24) is 4.72 Å². The van der Waals surface area contributed by atoms with Crippen molar-refractivity contribution in [1.29, 1.82) is 0 Å². The second-order valence-electron chi connectivity index (χ2n) is 6.96. The molecule has 30 heavy (non-hydrogen) atoms. The fourth-order valence-electron chi connectivity index (χ4n) is 2.70. The fraction of sp³-hybridized carbons (Fsp3) is 0.333. The average Bonchev–Trinajstić information content (AvgIpc) is 2.72. The summed E-state index contributed by atoms with van der Waals surface area (Å²) in [5, 5.41) is 9.36. The van der Waals surface area contributed by atoms with Crippen molar-refractivity contribution in [2.45, 2.75) is 49.8 Å². The van der Waals surface area contributed by atoms with E-state index >= 15 is 0 Å². The number of sulfonamides is 1. The topological polar surface area (TPSA) is 136 Å². The molecule has 0 aliphatic heterocycles. The monoisotopic (exact) mass is 434 g/mol. The van der Waals surface area contributed by atoms with E-state index < -0.39 is 34.0 Å². The molecule has 0 heterocycles. The molecule has 0 fully saturated rings. The zero-order chi connectivity index (χ0) is 22.1. The van der Waals surface area contributed by atoms with Crippen LogP contribution in [0.4, 0.5) is 0 Å². The number of nitrogens with one attached hydrogen (secondary N) is 1. The van der Waals surface area contributed by atoms with E-state index in [1.807, 2.05) is 37.3 Å². The Balaban J connectivity index is 1.84. The van der Waals surface area contributed by atoms with Gasteiger partial charge >= 0.3 is 11.9 Å². The number of nitrogens with two attached hydrogens (primary N) is 1. The van der Waals surface area contributed by atoms with E-state index in [1.165, 1.54) is 12.1 Å². The largest absolute Gasteiger partial charge is 0.480 e. The third-order valence-electron chi connectivity index (χ3n) is 4.46. The Labute approximate surface area is 176 Å². The highest BCUT2D eigenvalue weighted by atomic mass is 32.2. The fourth-order valence-corrected chi connectivity index (χ4v) is 3.92. The van der Waals surface area contributed by atoms with Gasteiger partial charge in [0.15, 0.2) is 0 Å². The van der Waals surface area contributed by atoms with Crippen LogP contribution in [0.2, 0.25) is 0 Å². The lowest BCUT2D eigenvalue weighted by atomic mass is 10.1. The molecule has 162 valence electrons. The molecular weight excluding hydrogens is 408 g/mol. The number of hydrogen-bond acceptors (Lipinski definition) is 6. The summed E-state index contributed by atoms with van der Waals surface area (Å²) in [6.45, 7) is 1.92. The molecule has 2 aromatic carbocycles. The van der Waals surface area contributed by atoms with Crippen LogP contribution in [0.5, 0.6) is 0 Å².